The fourth-order valence-corrected chi connectivity index (χ4v) is 4.91. The SMILES string of the molecule is CCOP(=S)(OCC)N1C=Cc2ccccc2C1C#N. The molecule has 0 saturated heterocycles. The molecule has 1 heterocycles. The van der Waals surface area contributed by atoms with Gasteiger partial charge in [0, 0.05) is 6.20 Å². The first kappa shape index (κ1) is 15.2. The Labute approximate surface area is 124 Å². The lowest BCUT2D eigenvalue weighted by Gasteiger charge is -2.37. The van der Waals surface area contributed by atoms with Crippen molar-refractivity contribution in [2.24, 2.45) is 0 Å². The van der Waals surface area contributed by atoms with Crippen LogP contribution in [0.5, 0.6) is 0 Å². The highest BCUT2D eigenvalue weighted by molar-refractivity contribution is 8.08. The number of rotatable bonds is 5. The Morgan fingerprint density at radius 3 is 2.55 bits per heavy atom. The molecule has 0 N–H and O–H groups in total. The molecule has 0 bridgehead atoms. The summed E-state index contributed by atoms with van der Waals surface area (Å²) >= 11 is 5.58. The lowest BCUT2D eigenvalue weighted by molar-refractivity contribution is 0.224. The Bertz CT molecular complexity index is 587. The largest absolute Gasteiger partial charge is 0.314 e. The second kappa shape index (κ2) is 6.51. The summed E-state index contributed by atoms with van der Waals surface area (Å²) in [7, 11) is 0. The van der Waals surface area contributed by atoms with E-state index >= 15 is 0 Å². The van der Waals surface area contributed by atoms with Crippen LogP contribution in [0.2, 0.25) is 0 Å². The standard InChI is InChI=1S/C14H17N2O2PS/c1-3-17-19(20,18-4-2)16-10-9-12-7-5-6-8-13(12)14(16)11-15/h5-10,14H,3-4H2,1-2H3. The van der Waals surface area contributed by atoms with E-state index in [1.165, 1.54) is 0 Å². The quantitative estimate of drug-likeness (QED) is 0.773. The first-order chi connectivity index (χ1) is 9.66. The van der Waals surface area contributed by atoms with Crippen molar-refractivity contribution in [1.29, 1.82) is 5.26 Å². The molecule has 0 fully saturated rings. The molecule has 0 aliphatic carbocycles. The van der Waals surface area contributed by atoms with Gasteiger partial charge in [0.1, 0.15) is 6.04 Å². The molecule has 106 valence electrons. The van der Waals surface area contributed by atoms with E-state index < -0.39 is 12.7 Å². The van der Waals surface area contributed by atoms with E-state index in [0.717, 1.165) is 11.1 Å². The van der Waals surface area contributed by atoms with Crippen LogP contribution in [0.15, 0.2) is 30.5 Å². The minimum absolute atomic E-state index is 0.460. The molecule has 2 rings (SSSR count). The van der Waals surface area contributed by atoms with Crippen molar-refractivity contribution in [2.75, 3.05) is 13.2 Å². The van der Waals surface area contributed by atoms with E-state index in [1.807, 2.05) is 50.4 Å². The summed E-state index contributed by atoms with van der Waals surface area (Å²) in [6.07, 6.45) is 3.77. The van der Waals surface area contributed by atoms with E-state index in [0.29, 0.717) is 13.2 Å². The van der Waals surface area contributed by atoms with Crippen molar-refractivity contribution >= 4 is 24.5 Å². The molecular weight excluding hydrogens is 291 g/mol. The smallest absolute Gasteiger partial charge is 0.291 e. The third-order valence-corrected chi connectivity index (χ3v) is 6.25. The van der Waals surface area contributed by atoms with Crippen LogP contribution in [-0.4, -0.2) is 17.9 Å². The molecule has 6 heteroatoms. The predicted octanol–water partition coefficient (Wildman–Crippen LogP) is 3.84. The molecule has 1 atom stereocenters. The number of benzene rings is 1. The Kier molecular flexibility index (Phi) is 4.95. The van der Waals surface area contributed by atoms with Gasteiger partial charge in [0.25, 0.3) is 6.64 Å². The van der Waals surface area contributed by atoms with Gasteiger partial charge in [-0.05, 0) is 42.9 Å². The van der Waals surface area contributed by atoms with Gasteiger partial charge in [-0.3, -0.25) is 4.67 Å². The first-order valence-electron chi connectivity index (χ1n) is 6.51. The zero-order chi connectivity index (χ0) is 14.6. The zero-order valence-corrected chi connectivity index (χ0v) is 13.2. The lowest BCUT2D eigenvalue weighted by Crippen LogP contribution is -2.25. The molecule has 0 saturated carbocycles. The van der Waals surface area contributed by atoms with Crippen molar-refractivity contribution in [3.8, 4) is 6.07 Å². The minimum atomic E-state index is -2.67. The predicted molar refractivity (Wildman–Crippen MR) is 83.2 cm³/mol. The van der Waals surface area contributed by atoms with E-state index in [1.54, 1.807) is 4.67 Å². The molecule has 4 nitrogen and oxygen atoms in total. The zero-order valence-electron chi connectivity index (χ0n) is 11.5. The third-order valence-electron chi connectivity index (χ3n) is 2.95. The van der Waals surface area contributed by atoms with Gasteiger partial charge >= 0.3 is 0 Å². The molecule has 1 aromatic carbocycles. The van der Waals surface area contributed by atoms with Crippen LogP contribution in [0.3, 0.4) is 0 Å². The van der Waals surface area contributed by atoms with Gasteiger partial charge in [-0.15, -0.1) is 0 Å². The van der Waals surface area contributed by atoms with E-state index in [2.05, 4.69) is 6.07 Å². The van der Waals surface area contributed by atoms with Crippen LogP contribution in [0, 0.1) is 11.3 Å². The molecule has 20 heavy (non-hydrogen) atoms. The molecule has 1 aliphatic rings. The topological polar surface area (TPSA) is 45.5 Å². The Morgan fingerprint density at radius 1 is 1.30 bits per heavy atom. The molecule has 0 amide bonds. The van der Waals surface area contributed by atoms with Crippen LogP contribution >= 0.6 is 6.64 Å². The van der Waals surface area contributed by atoms with Gasteiger partial charge in [-0.25, -0.2) is 0 Å². The van der Waals surface area contributed by atoms with Crippen LogP contribution in [0.25, 0.3) is 6.08 Å². The fourth-order valence-electron chi connectivity index (χ4n) is 2.15. The van der Waals surface area contributed by atoms with Crippen molar-refractivity contribution in [2.45, 2.75) is 19.9 Å². The Morgan fingerprint density at radius 2 is 1.95 bits per heavy atom. The van der Waals surface area contributed by atoms with Crippen molar-refractivity contribution in [3.63, 3.8) is 0 Å². The normalized spacial score (nSPS) is 17.6. The number of fused-ring (bicyclic) bond motifs is 1. The summed E-state index contributed by atoms with van der Waals surface area (Å²) in [5, 5.41) is 9.54. The second-order valence-electron chi connectivity index (χ2n) is 4.16. The molecule has 1 aliphatic heterocycles. The molecule has 0 radical (unpaired) electrons. The molecule has 1 aromatic rings. The monoisotopic (exact) mass is 308 g/mol. The van der Waals surface area contributed by atoms with Gasteiger partial charge in [-0.1, -0.05) is 24.3 Å². The molecule has 1 unspecified atom stereocenters. The second-order valence-corrected chi connectivity index (χ2v) is 7.46. The van der Waals surface area contributed by atoms with Crippen molar-refractivity contribution < 1.29 is 9.05 Å². The maximum atomic E-state index is 9.54. The fraction of sp³-hybridized carbons (Fsp3) is 0.357. The highest BCUT2D eigenvalue weighted by atomic mass is 32.5. The summed E-state index contributed by atoms with van der Waals surface area (Å²) in [5.74, 6) is 0. The van der Waals surface area contributed by atoms with Gasteiger partial charge in [0.15, 0.2) is 0 Å². The van der Waals surface area contributed by atoms with E-state index in [4.69, 9.17) is 20.9 Å². The van der Waals surface area contributed by atoms with E-state index in [9.17, 15) is 5.26 Å². The van der Waals surface area contributed by atoms with Crippen LogP contribution in [-0.2, 0) is 20.9 Å². The first-order valence-corrected chi connectivity index (χ1v) is 9.10. The maximum Gasteiger partial charge on any atom is 0.291 e. The third kappa shape index (κ3) is 2.79. The maximum absolute atomic E-state index is 9.54. The lowest BCUT2D eigenvalue weighted by atomic mass is 9.99. The van der Waals surface area contributed by atoms with Crippen molar-refractivity contribution in [1.82, 2.24) is 4.67 Å². The van der Waals surface area contributed by atoms with Crippen LogP contribution < -0.4 is 0 Å². The Hall–Kier alpha value is -1.18. The molecule has 0 spiro atoms. The summed E-state index contributed by atoms with van der Waals surface area (Å²) < 4.78 is 13.1. The minimum Gasteiger partial charge on any atom is -0.314 e. The number of hydrogen-bond acceptors (Lipinski definition) is 4. The van der Waals surface area contributed by atoms with Gasteiger partial charge in [-0.2, -0.15) is 5.26 Å². The summed E-state index contributed by atoms with van der Waals surface area (Å²) in [6.45, 7) is 2.01. The number of nitriles is 1. The molecular formula is C14H17N2O2PS. The van der Waals surface area contributed by atoms with Gasteiger partial charge < -0.3 is 9.05 Å². The van der Waals surface area contributed by atoms with E-state index in [-0.39, 0.29) is 0 Å². The number of hydrogen-bond donors (Lipinski definition) is 0. The van der Waals surface area contributed by atoms with Crippen LogP contribution in [0.4, 0.5) is 0 Å². The van der Waals surface area contributed by atoms with Gasteiger partial charge in [0.05, 0.1) is 19.3 Å². The number of nitrogens with zero attached hydrogens (tertiary/aromatic N) is 2. The summed E-state index contributed by atoms with van der Waals surface area (Å²) in [5.41, 5.74) is 1.97. The average molecular weight is 308 g/mol. The highest BCUT2D eigenvalue weighted by Crippen LogP contribution is 2.57. The highest BCUT2D eigenvalue weighted by Gasteiger charge is 2.35. The summed E-state index contributed by atoms with van der Waals surface area (Å²) in [4.78, 5) is 0. The van der Waals surface area contributed by atoms with Crippen LogP contribution in [0.1, 0.15) is 31.0 Å². The van der Waals surface area contributed by atoms with Crippen molar-refractivity contribution in [3.05, 3.63) is 41.6 Å². The Balaban J connectivity index is 2.43. The average Bonchev–Trinajstić information content (AvgIpc) is 2.46. The van der Waals surface area contributed by atoms with Gasteiger partial charge in [0.2, 0.25) is 0 Å². The summed E-state index contributed by atoms with van der Waals surface area (Å²) in [6, 6.07) is 9.64. The molecule has 0 aromatic heterocycles.